The molecule has 6 atom stereocenters. The smallest absolute Gasteiger partial charge is 0.462 e. The van der Waals surface area contributed by atoms with E-state index in [1.165, 1.54) is 6.92 Å². The lowest BCUT2D eigenvalue weighted by Gasteiger charge is -2.24. The van der Waals surface area contributed by atoms with Gasteiger partial charge in [0.1, 0.15) is 24.9 Å². The average Bonchev–Trinajstić information content (AvgIpc) is 3.16. The Kier molecular flexibility index (Phi) is 10.1. The van der Waals surface area contributed by atoms with Crippen molar-refractivity contribution in [1.29, 1.82) is 0 Å². The van der Waals surface area contributed by atoms with Gasteiger partial charge in [-0.2, -0.15) is 9.42 Å². The van der Waals surface area contributed by atoms with Gasteiger partial charge in [0.2, 0.25) is 0 Å². The molecule has 2 heterocycles. The third-order valence-electron chi connectivity index (χ3n) is 6.56. The molecule has 43 heavy (non-hydrogen) atoms. The van der Waals surface area contributed by atoms with E-state index in [0.29, 0.717) is 5.02 Å². The number of benzene rings is 2. The van der Waals surface area contributed by atoms with Crippen LogP contribution in [-0.4, -0.2) is 62.1 Å². The predicted octanol–water partition coefficient (Wildman–Crippen LogP) is 3.54. The highest BCUT2D eigenvalue weighted by molar-refractivity contribution is 7.58. The third-order valence-corrected chi connectivity index (χ3v) is 8.48. The first kappa shape index (κ1) is 32.7. The van der Waals surface area contributed by atoms with Crippen molar-refractivity contribution in [3.63, 3.8) is 0 Å². The van der Waals surface area contributed by atoms with Gasteiger partial charge in [-0.3, -0.25) is 23.7 Å². The SMILES string of the molecule is CC(C)OC(=O)[C@H](C)N[P+](O)(OC[C@H]1O[C@@H](n2ccc(=O)[nH]c2=O)[C@](C)(F)[C@@H]1O)Oc1ccc(-c2ccc(Cl)cc2)cc1. The molecule has 1 aliphatic rings. The molecule has 1 aliphatic heterocycles. The summed E-state index contributed by atoms with van der Waals surface area (Å²) < 4.78 is 38.8. The van der Waals surface area contributed by atoms with Crippen LogP contribution in [0.4, 0.5) is 4.39 Å². The van der Waals surface area contributed by atoms with Crippen molar-refractivity contribution in [3.8, 4) is 16.9 Å². The molecule has 2 aromatic carbocycles. The predicted molar refractivity (Wildman–Crippen MR) is 157 cm³/mol. The molecule has 1 aromatic heterocycles. The highest BCUT2D eigenvalue weighted by Crippen LogP contribution is 2.54. The summed E-state index contributed by atoms with van der Waals surface area (Å²) in [6, 6.07) is 13.7. The fourth-order valence-corrected chi connectivity index (χ4v) is 6.01. The van der Waals surface area contributed by atoms with E-state index in [-0.39, 0.29) is 5.75 Å². The average molecular weight is 641 g/mol. The number of carbonyl (C=O) groups excluding carboxylic acids is 1. The number of nitrogens with one attached hydrogen (secondary N) is 2. The molecule has 3 aromatic rings. The number of nitrogens with zero attached hydrogens (tertiary/aromatic N) is 1. The Morgan fingerprint density at radius 1 is 1.14 bits per heavy atom. The lowest BCUT2D eigenvalue weighted by atomic mass is 9.98. The number of halogens is 2. The zero-order valence-electron chi connectivity index (χ0n) is 23.8. The molecule has 12 nitrogen and oxygen atoms in total. The molecule has 15 heteroatoms. The number of H-pyrrole nitrogens is 1. The molecule has 232 valence electrons. The van der Waals surface area contributed by atoms with Gasteiger partial charge in [0, 0.05) is 17.3 Å². The molecule has 0 bridgehead atoms. The monoisotopic (exact) mass is 640 g/mol. The van der Waals surface area contributed by atoms with Crippen LogP contribution in [0.5, 0.6) is 5.75 Å². The van der Waals surface area contributed by atoms with Crippen LogP contribution in [0.3, 0.4) is 0 Å². The van der Waals surface area contributed by atoms with Crippen molar-refractivity contribution >= 4 is 25.7 Å². The Hall–Kier alpha value is -3.16. The van der Waals surface area contributed by atoms with Crippen molar-refractivity contribution in [1.82, 2.24) is 14.6 Å². The van der Waals surface area contributed by atoms with Crippen molar-refractivity contribution in [2.75, 3.05) is 6.61 Å². The maximum atomic E-state index is 15.6. The van der Waals surface area contributed by atoms with Crippen LogP contribution in [-0.2, 0) is 18.8 Å². The first-order valence-electron chi connectivity index (χ1n) is 13.3. The molecule has 1 unspecified atom stereocenters. The molecule has 4 rings (SSSR count). The number of ether oxygens (including phenoxy) is 2. The van der Waals surface area contributed by atoms with Crippen molar-refractivity contribution in [2.24, 2.45) is 0 Å². The number of hydrogen-bond donors (Lipinski definition) is 4. The van der Waals surface area contributed by atoms with Gasteiger partial charge >= 0.3 is 19.8 Å². The highest BCUT2D eigenvalue weighted by Gasteiger charge is 2.57. The Morgan fingerprint density at radius 2 is 1.74 bits per heavy atom. The number of aromatic amines is 1. The second-order valence-electron chi connectivity index (χ2n) is 10.4. The first-order valence-corrected chi connectivity index (χ1v) is 15.3. The number of aliphatic hydroxyl groups is 1. The minimum atomic E-state index is -4.16. The molecule has 0 aliphatic carbocycles. The van der Waals surface area contributed by atoms with Crippen LogP contribution in [0.15, 0.2) is 70.4 Å². The van der Waals surface area contributed by atoms with E-state index in [4.69, 9.17) is 30.1 Å². The number of alkyl halides is 1. The van der Waals surface area contributed by atoms with Crippen LogP contribution in [0, 0.1) is 0 Å². The van der Waals surface area contributed by atoms with Gasteiger partial charge in [0.05, 0.1) is 6.10 Å². The largest absolute Gasteiger partial charge is 0.544 e. The molecule has 0 saturated carbocycles. The molecule has 0 spiro atoms. The van der Waals surface area contributed by atoms with Gasteiger partial charge in [-0.05, 0) is 63.1 Å². The zero-order chi connectivity index (χ0) is 31.5. The summed E-state index contributed by atoms with van der Waals surface area (Å²) in [7, 11) is -4.16. The van der Waals surface area contributed by atoms with Crippen LogP contribution in [0.25, 0.3) is 11.1 Å². The van der Waals surface area contributed by atoms with E-state index in [1.54, 1.807) is 50.2 Å². The molecule has 0 radical (unpaired) electrons. The van der Waals surface area contributed by atoms with E-state index in [0.717, 1.165) is 34.9 Å². The molecule has 1 saturated heterocycles. The van der Waals surface area contributed by atoms with Crippen LogP contribution < -0.4 is 20.9 Å². The van der Waals surface area contributed by atoms with Crippen molar-refractivity contribution in [3.05, 3.63) is 86.7 Å². The first-order chi connectivity index (χ1) is 20.2. The van der Waals surface area contributed by atoms with Gasteiger partial charge in [-0.25, -0.2) is 9.18 Å². The summed E-state index contributed by atoms with van der Waals surface area (Å²) in [4.78, 5) is 49.7. The normalized spacial score (nSPS) is 24.0. The molecule has 0 amide bonds. The Morgan fingerprint density at radius 3 is 2.33 bits per heavy atom. The fraction of sp³-hybridized carbons (Fsp3) is 0.393. The number of rotatable bonds is 11. The summed E-state index contributed by atoms with van der Waals surface area (Å²) >= 11 is 5.97. The second-order valence-corrected chi connectivity index (χ2v) is 12.6. The van der Waals surface area contributed by atoms with Gasteiger partial charge in [-0.15, -0.1) is 0 Å². The van der Waals surface area contributed by atoms with Crippen LogP contribution in [0.1, 0.15) is 33.9 Å². The summed E-state index contributed by atoms with van der Waals surface area (Å²) in [5.41, 5.74) is -2.40. The zero-order valence-corrected chi connectivity index (χ0v) is 25.4. The summed E-state index contributed by atoms with van der Waals surface area (Å²) in [5.74, 6) is -0.518. The maximum absolute atomic E-state index is 15.6. The molecule has 1 fully saturated rings. The summed E-state index contributed by atoms with van der Waals surface area (Å²) in [6.07, 6.45) is -4.21. The Labute approximate surface area is 252 Å². The van der Waals surface area contributed by atoms with Gasteiger partial charge < -0.3 is 14.6 Å². The summed E-state index contributed by atoms with van der Waals surface area (Å²) in [6.45, 7) is 5.18. The number of aliphatic hydroxyl groups excluding tert-OH is 1. The van der Waals surface area contributed by atoms with E-state index in [1.807, 2.05) is 17.1 Å². The topological polar surface area (TPSA) is 161 Å². The van der Waals surface area contributed by atoms with Gasteiger partial charge in [0.15, 0.2) is 17.6 Å². The van der Waals surface area contributed by atoms with E-state index < -0.39 is 68.2 Å². The van der Waals surface area contributed by atoms with Crippen molar-refractivity contribution in [2.45, 2.75) is 63.9 Å². The lowest BCUT2D eigenvalue weighted by molar-refractivity contribution is -0.149. The van der Waals surface area contributed by atoms with Crippen molar-refractivity contribution < 1.29 is 37.7 Å². The highest BCUT2D eigenvalue weighted by atomic mass is 35.5. The van der Waals surface area contributed by atoms with Gasteiger partial charge in [0.25, 0.3) is 5.56 Å². The minimum Gasteiger partial charge on any atom is -0.462 e. The number of esters is 1. The lowest BCUT2D eigenvalue weighted by Crippen LogP contribution is -2.44. The quantitative estimate of drug-likeness (QED) is 0.180. The van der Waals surface area contributed by atoms with E-state index >= 15 is 4.39 Å². The van der Waals surface area contributed by atoms with Crippen LogP contribution in [0.2, 0.25) is 5.02 Å². The Balaban J connectivity index is 1.54. The standard InChI is InChI=1S/C28H32ClFN3O9P/c1-16(2)40-25(36)17(3)32-43(38,42-21-11-7-19(8-12-21)18-5-9-20(29)10-6-18)39-15-22-24(35)28(4,30)26(41-22)33-14-13-23(34)31-27(33)37/h5-14,16-17,22,24,26,32,35,38H,15H2,1-4H3/p+1/t17-,22+,24+,26+,28+,43?/m0/s1. The molecular weight excluding hydrogens is 608 g/mol. The van der Waals surface area contributed by atoms with E-state index in [2.05, 4.69) is 5.09 Å². The summed E-state index contributed by atoms with van der Waals surface area (Å²) in [5, 5.41) is 13.9. The fourth-order valence-electron chi connectivity index (χ4n) is 4.35. The number of hydrogen-bond acceptors (Lipinski definition) is 10. The third kappa shape index (κ3) is 7.87. The van der Waals surface area contributed by atoms with Gasteiger partial charge in [-0.1, -0.05) is 41.0 Å². The van der Waals surface area contributed by atoms with Crippen LogP contribution >= 0.6 is 19.7 Å². The molecule has 4 N–H and O–H groups in total. The Bertz CT molecular complexity index is 1530. The number of aromatic nitrogens is 2. The minimum absolute atomic E-state index is 0.173. The maximum Gasteiger partial charge on any atom is 0.544 e. The number of carbonyl (C=O) groups is 1. The second kappa shape index (κ2) is 13.2. The van der Waals surface area contributed by atoms with E-state index in [9.17, 15) is 24.4 Å². The molecular formula is C28H33ClFN3O9P+.